The number of hydrogen-bond acceptors (Lipinski definition) is 5. The third-order valence-electron chi connectivity index (χ3n) is 11.4. The minimum Gasteiger partial charge on any atom is -0.456 e. The summed E-state index contributed by atoms with van der Waals surface area (Å²) in [5.74, 6) is 1.84. The quantitative estimate of drug-likeness (QED) is 0.146. The first-order chi connectivity index (χ1) is 30.7. The lowest BCUT2D eigenvalue weighted by Crippen LogP contribution is -2.09. The van der Waals surface area contributed by atoms with Crippen molar-refractivity contribution in [1.82, 2.24) is 15.0 Å². The Bertz CT molecular complexity index is 3160. The van der Waals surface area contributed by atoms with Crippen LogP contribution in [0.4, 0.5) is 17.1 Å². The number of hydrogen-bond donors (Lipinski definition) is 0. The number of furan rings is 1. The van der Waals surface area contributed by atoms with E-state index in [2.05, 4.69) is 169 Å². The van der Waals surface area contributed by atoms with Crippen molar-refractivity contribution < 1.29 is 4.42 Å². The van der Waals surface area contributed by atoms with Crippen molar-refractivity contribution in [3.63, 3.8) is 0 Å². The van der Waals surface area contributed by atoms with Crippen LogP contribution in [0.1, 0.15) is 0 Å². The number of aromatic nitrogens is 3. The second kappa shape index (κ2) is 16.0. The van der Waals surface area contributed by atoms with Crippen LogP contribution >= 0.6 is 0 Å². The molecule has 11 rings (SSSR count). The molecule has 0 amide bonds. The molecule has 292 valence electrons. The maximum Gasteiger partial charge on any atom is 0.164 e. The van der Waals surface area contributed by atoms with Gasteiger partial charge in [-0.3, -0.25) is 0 Å². The Balaban J connectivity index is 0.926. The van der Waals surface area contributed by atoms with Gasteiger partial charge in [-0.15, -0.1) is 0 Å². The predicted molar refractivity (Wildman–Crippen MR) is 254 cm³/mol. The van der Waals surface area contributed by atoms with Crippen LogP contribution in [0.15, 0.2) is 235 Å². The largest absolute Gasteiger partial charge is 0.456 e. The van der Waals surface area contributed by atoms with E-state index >= 15 is 0 Å². The fraction of sp³-hybridized carbons (Fsp3) is 0. The van der Waals surface area contributed by atoms with Gasteiger partial charge in [0.05, 0.1) is 0 Å². The zero-order valence-corrected chi connectivity index (χ0v) is 33.6. The molecule has 0 saturated heterocycles. The van der Waals surface area contributed by atoms with E-state index in [1.54, 1.807) is 0 Å². The van der Waals surface area contributed by atoms with Crippen molar-refractivity contribution in [3.8, 4) is 67.5 Å². The van der Waals surface area contributed by atoms with Crippen LogP contribution in [-0.4, -0.2) is 15.0 Å². The van der Waals surface area contributed by atoms with E-state index in [1.807, 2.05) is 66.7 Å². The first-order valence-electron chi connectivity index (χ1n) is 20.8. The number of anilines is 3. The summed E-state index contributed by atoms with van der Waals surface area (Å²) in [6, 6.07) is 80.2. The molecule has 0 N–H and O–H groups in total. The molecule has 9 aromatic carbocycles. The minimum atomic E-state index is 0.592. The Kier molecular flexibility index (Phi) is 9.45. The monoisotopic (exact) mass is 794 g/mol. The summed E-state index contributed by atoms with van der Waals surface area (Å²) >= 11 is 0. The van der Waals surface area contributed by atoms with E-state index in [-0.39, 0.29) is 0 Å². The summed E-state index contributed by atoms with van der Waals surface area (Å²) < 4.78 is 6.48. The van der Waals surface area contributed by atoms with Crippen molar-refractivity contribution in [1.29, 1.82) is 0 Å². The maximum atomic E-state index is 6.48. The molecule has 62 heavy (non-hydrogen) atoms. The number of rotatable bonds is 9. The summed E-state index contributed by atoms with van der Waals surface area (Å²) in [6.45, 7) is 0. The van der Waals surface area contributed by atoms with Gasteiger partial charge in [-0.2, -0.15) is 0 Å². The molecule has 2 aromatic heterocycles. The average molecular weight is 795 g/mol. The van der Waals surface area contributed by atoms with Gasteiger partial charge >= 0.3 is 0 Å². The van der Waals surface area contributed by atoms with E-state index in [4.69, 9.17) is 19.4 Å². The first kappa shape index (κ1) is 36.7. The van der Waals surface area contributed by atoms with Gasteiger partial charge in [0.25, 0.3) is 0 Å². The molecule has 0 aliphatic carbocycles. The van der Waals surface area contributed by atoms with Crippen LogP contribution < -0.4 is 4.90 Å². The number of benzene rings is 9. The lowest BCUT2D eigenvalue weighted by molar-refractivity contribution is 0.669. The summed E-state index contributed by atoms with van der Waals surface area (Å²) in [4.78, 5) is 17.0. The van der Waals surface area contributed by atoms with E-state index in [1.165, 1.54) is 22.3 Å². The number of fused-ring (bicyclic) bond motifs is 3. The lowest BCUT2D eigenvalue weighted by atomic mass is 10.0. The van der Waals surface area contributed by atoms with Crippen LogP contribution in [0, 0.1) is 0 Å². The highest BCUT2D eigenvalue weighted by atomic mass is 16.3. The Labute approximate surface area is 359 Å². The first-order valence-corrected chi connectivity index (χ1v) is 20.8. The lowest BCUT2D eigenvalue weighted by Gasteiger charge is -2.26. The molecule has 2 heterocycles. The third-order valence-corrected chi connectivity index (χ3v) is 11.4. The van der Waals surface area contributed by atoms with Gasteiger partial charge in [-0.05, 0) is 94.0 Å². The van der Waals surface area contributed by atoms with Gasteiger partial charge in [0.15, 0.2) is 17.5 Å². The second-order valence-corrected chi connectivity index (χ2v) is 15.3. The second-order valence-electron chi connectivity index (χ2n) is 15.3. The molecule has 0 fully saturated rings. The van der Waals surface area contributed by atoms with Crippen LogP contribution in [-0.2, 0) is 0 Å². The van der Waals surface area contributed by atoms with Gasteiger partial charge in [-0.25, -0.2) is 15.0 Å². The molecule has 0 bridgehead atoms. The Morgan fingerprint density at radius 3 is 1.06 bits per heavy atom. The third kappa shape index (κ3) is 7.18. The molecular formula is C57H38N4O. The molecule has 0 radical (unpaired) electrons. The van der Waals surface area contributed by atoms with E-state index in [0.29, 0.717) is 17.5 Å². The van der Waals surface area contributed by atoms with Crippen LogP contribution in [0.2, 0.25) is 0 Å². The summed E-state index contributed by atoms with van der Waals surface area (Å²) in [5, 5.41) is 2.09. The fourth-order valence-electron chi connectivity index (χ4n) is 8.15. The molecule has 0 spiro atoms. The minimum absolute atomic E-state index is 0.592. The Morgan fingerprint density at radius 2 is 0.613 bits per heavy atom. The van der Waals surface area contributed by atoms with Crippen molar-refractivity contribution in [2.75, 3.05) is 4.90 Å². The van der Waals surface area contributed by atoms with Gasteiger partial charge in [0.1, 0.15) is 11.2 Å². The van der Waals surface area contributed by atoms with Gasteiger partial charge in [-0.1, -0.05) is 170 Å². The normalized spacial score (nSPS) is 11.2. The maximum absolute atomic E-state index is 6.48. The topological polar surface area (TPSA) is 55.1 Å². The predicted octanol–water partition coefficient (Wildman–Crippen LogP) is 15.2. The molecule has 5 nitrogen and oxygen atoms in total. The van der Waals surface area contributed by atoms with Gasteiger partial charge in [0, 0.05) is 44.5 Å². The smallest absolute Gasteiger partial charge is 0.164 e. The van der Waals surface area contributed by atoms with Crippen molar-refractivity contribution >= 4 is 39.0 Å². The average Bonchev–Trinajstić information content (AvgIpc) is 3.73. The van der Waals surface area contributed by atoms with Crippen molar-refractivity contribution in [2.24, 2.45) is 0 Å². The van der Waals surface area contributed by atoms with E-state index < -0.39 is 0 Å². The SMILES string of the molecule is c1ccc(-c2ccc(N(c3ccc(-c4ccccc4)cc3)c3ccc(-c4ccc5oc6cc(-c7nc(-c8ccccc8)nc(-c8ccccc8)n7)ccc6c5c4)cc3)cc2)cc1. The summed E-state index contributed by atoms with van der Waals surface area (Å²) in [6.07, 6.45) is 0. The molecular weight excluding hydrogens is 757 g/mol. The molecule has 0 aliphatic heterocycles. The Morgan fingerprint density at radius 1 is 0.258 bits per heavy atom. The highest BCUT2D eigenvalue weighted by Gasteiger charge is 2.17. The highest BCUT2D eigenvalue weighted by Crippen LogP contribution is 2.39. The fourth-order valence-corrected chi connectivity index (χ4v) is 8.15. The summed E-state index contributed by atoms with van der Waals surface area (Å²) in [5.41, 5.74) is 14.6. The molecule has 0 atom stereocenters. The van der Waals surface area contributed by atoms with Crippen LogP contribution in [0.25, 0.3) is 89.5 Å². The molecule has 0 aliphatic rings. The van der Waals surface area contributed by atoms with Gasteiger partial charge < -0.3 is 9.32 Å². The zero-order chi connectivity index (χ0) is 41.2. The number of nitrogens with zero attached hydrogens (tertiary/aromatic N) is 4. The van der Waals surface area contributed by atoms with Crippen LogP contribution in [0.5, 0.6) is 0 Å². The Hall–Kier alpha value is -8.41. The molecule has 11 aromatic rings. The highest BCUT2D eigenvalue weighted by molar-refractivity contribution is 6.07. The summed E-state index contributed by atoms with van der Waals surface area (Å²) in [7, 11) is 0. The van der Waals surface area contributed by atoms with E-state index in [0.717, 1.165) is 66.8 Å². The molecule has 5 heteroatoms. The molecule has 0 saturated carbocycles. The van der Waals surface area contributed by atoms with Gasteiger partial charge in [0.2, 0.25) is 0 Å². The van der Waals surface area contributed by atoms with E-state index in [9.17, 15) is 0 Å². The van der Waals surface area contributed by atoms with Crippen LogP contribution in [0.3, 0.4) is 0 Å². The van der Waals surface area contributed by atoms with Crippen molar-refractivity contribution in [2.45, 2.75) is 0 Å². The van der Waals surface area contributed by atoms with Crippen molar-refractivity contribution in [3.05, 3.63) is 231 Å². The zero-order valence-electron chi connectivity index (χ0n) is 33.6. The molecule has 0 unspecified atom stereocenters. The standard InChI is InChI=1S/C57H38N4O/c1-5-13-39(14-6-1)41-21-29-48(30-22-41)61(49-31-23-42(24-32-49)40-15-7-2-8-16-40)50-33-25-43(26-34-50)46-28-36-53-52(37-46)51-35-27-47(38-54(51)62-53)57-59-55(44-17-9-3-10-18-44)58-56(60-57)45-19-11-4-12-20-45/h1-38H.